The first-order valence-corrected chi connectivity index (χ1v) is 7.41. The highest BCUT2D eigenvalue weighted by Gasteiger charge is 2.19. The van der Waals surface area contributed by atoms with Crippen molar-refractivity contribution in [2.75, 3.05) is 31.2 Å². The summed E-state index contributed by atoms with van der Waals surface area (Å²) in [6, 6.07) is 5.52. The number of fused-ring (bicyclic) bond motifs is 1. The lowest BCUT2D eigenvalue weighted by Gasteiger charge is -2.29. The molecule has 4 rings (SSSR count). The second kappa shape index (κ2) is 5.45. The minimum Gasteiger partial charge on any atom is -0.378 e. The molecule has 3 aromatic rings. The summed E-state index contributed by atoms with van der Waals surface area (Å²) in [6.45, 7) is 0.489. The minimum absolute atomic E-state index is 0.103. The summed E-state index contributed by atoms with van der Waals surface area (Å²) in [5, 5.41) is 10.2. The summed E-state index contributed by atoms with van der Waals surface area (Å²) in [4.78, 5) is 9.77. The molecule has 0 amide bonds. The minimum atomic E-state index is -2.40. The molecule has 0 aromatic carbocycles. The summed E-state index contributed by atoms with van der Waals surface area (Å²) in [5.41, 5.74) is 3.35. The number of rotatable bonds is 2. The number of hydrogen-bond acceptors (Lipinski definition) is 4. The van der Waals surface area contributed by atoms with Crippen LogP contribution in [0.4, 0.5) is 5.69 Å². The van der Waals surface area contributed by atoms with Crippen LogP contribution in [-0.4, -0.2) is 40.8 Å². The van der Waals surface area contributed by atoms with Crippen molar-refractivity contribution in [1.29, 1.82) is 5.26 Å². The largest absolute Gasteiger partial charge is 0.378 e. The van der Waals surface area contributed by atoms with E-state index >= 15 is 0 Å². The third-order valence-corrected chi connectivity index (χ3v) is 4.15. The van der Waals surface area contributed by atoms with Crippen LogP contribution in [0, 0.1) is 11.3 Å². The molecule has 3 aromatic heterocycles. The van der Waals surface area contributed by atoms with E-state index in [9.17, 15) is 5.26 Å². The number of H-pyrrole nitrogens is 1. The zero-order valence-electron chi connectivity index (χ0n) is 15.4. The normalized spacial score (nSPS) is 17.5. The maximum absolute atomic E-state index is 9.30. The van der Waals surface area contributed by atoms with E-state index < -0.39 is 6.98 Å². The second-order valence-corrected chi connectivity index (χ2v) is 5.45. The smallest absolute Gasteiger partial charge is 0.139 e. The average Bonchev–Trinajstić information content (AvgIpc) is 3.25. The van der Waals surface area contributed by atoms with Crippen LogP contribution < -0.4 is 4.90 Å². The summed E-state index contributed by atoms with van der Waals surface area (Å²) in [6.07, 6.45) is 5.06. The molecule has 1 N–H and O–H groups in total. The predicted octanol–water partition coefficient (Wildman–Crippen LogP) is 2.28. The Bertz CT molecular complexity index is 992. The van der Waals surface area contributed by atoms with Gasteiger partial charge in [0.15, 0.2) is 0 Å². The molecular formula is C17H17N5O. The van der Waals surface area contributed by atoms with Crippen molar-refractivity contribution in [1.82, 2.24) is 14.5 Å². The SMILES string of the molecule is [3H]C([3H])([3H])n1cc(-c2c[nH]c3nccc(N4CCOCC4)c23)cc1C#N. The van der Waals surface area contributed by atoms with E-state index in [1.807, 2.05) is 18.3 Å². The van der Waals surface area contributed by atoms with Crippen molar-refractivity contribution >= 4 is 16.7 Å². The van der Waals surface area contributed by atoms with Crippen LogP contribution in [0.3, 0.4) is 0 Å². The molecule has 1 aliphatic heterocycles. The molecule has 0 bridgehead atoms. The van der Waals surface area contributed by atoms with E-state index in [1.165, 1.54) is 6.20 Å². The molecule has 1 saturated heterocycles. The van der Waals surface area contributed by atoms with Crippen LogP contribution in [-0.2, 0) is 11.7 Å². The van der Waals surface area contributed by atoms with Gasteiger partial charge in [0.25, 0.3) is 0 Å². The van der Waals surface area contributed by atoms with Crippen molar-refractivity contribution in [2.24, 2.45) is 6.98 Å². The van der Waals surface area contributed by atoms with E-state index in [-0.39, 0.29) is 5.69 Å². The van der Waals surface area contributed by atoms with Gasteiger partial charge in [-0.25, -0.2) is 4.98 Å². The summed E-state index contributed by atoms with van der Waals surface area (Å²) in [7, 11) is 0. The van der Waals surface area contributed by atoms with Crippen LogP contribution in [0.2, 0.25) is 0 Å². The number of ether oxygens (including phenoxy) is 1. The van der Waals surface area contributed by atoms with Crippen molar-refractivity contribution in [3.05, 3.63) is 36.4 Å². The lowest BCUT2D eigenvalue weighted by atomic mass is 10.1. The average molecular weight is 313 g/mol. The number of aromatic nitrogens is 3. The van der Waals surface area contributed by atoms with Crippen molar-refractivity contribution < 1.29 is 8.85 Å². The van der Waals surface area contributed by atoms with E-state index in [0.29, 0.717) is 18.8 Å². The first-order valence-electron chi connectivity index (χ1n) is 8.91. The van der Waals surface area contributed by atoms with Gasteiger partial charge in [-0.15, -0.1) is 0 Å². The van der Waals surface area contributed by atoms with Gasteiger partial charge in [-0.2, -0.15) is 5.26 Å². The number of aryl methyl sites for hydroxylation is 1. The molecule has 4 heterocycles. The Labute approximate surface area is 138 Å². The Morgan fingerprint density at radius 3 is 3.04 bits per heavy atom. The number of nitriles is 1. The number of pyridine rings is 1. The zero-order chi connectivity index (χ0) is 18.3. The highest BCUT2D eigenvalue weighted by molar-refractivity contribution is 6.02. The molecule has 6 nitrogen and oxygen atoms in total. The lowest BCUT2D eigenvalue weighted by Crippen LogP contribution is -2.36. The summed E-state index contributed by atoms with van der Waals surface area (Å²) < 4.78 is 29.3. The molecule has 0 unspecified atom stereocenters. The highest BCUT2D eigenvalue weighted by Crippen LogP contribution is 2.35. The molecule has 0 atom stereocenters. The Morgan fingerprint density at radius 2 is 2.30 bits per heavy atom. The Kier molecular flexibility index (Phi) is 2.57. The molecular weight excluding hydrogens is 290 g/mol. The van der Waals surface area contributed by atoms with E-state index in [4.69, 9.17) is 8.85 Å². The lowest BCUT2D eigenvalue weighted by molar-refractivity contribution is 0.123. The number of anilines is 1. The Hall–Kier alpha value is -2.78. The predicted molar refractivity (Wildman–Crippen MR) is 88.2 cm³/mol. The van der Waals surface area contributed by atoms with Crippen LogP contribution in [0.1, 0.15) is 9.81 Å². The first-order chi connectivity index (χ1) is 12.5. The number of nitrogens with zero attached hydrogens (tertiary/aromatic N) is 4. The zero-order valence-corrected chi connectivity index (χ0v) is 12.4. The monoisotopic (exact) mass is 313 g/mol. The first kappa shape index (κ1) is 10.9. The molecule has 0 aliphatic carbocycles. The number of nitrogens with one attached hydrogen (secondary N) is 1. The molecule has 1 fully saturated rings. The topological polar surface area (TPSA) is 69.9 Å². The van der Waals surface area contributed by atoms with Gasteiger partial charge in [-0.3, -0.25) is 0 Å². The van der Waals surface area contributed by atoms with Crippen LogP contribution in [0.25, 0.3) is 22.2 Å². The van der Waals surface area contributed by atoms with Crippen LogP contribution >= 0.6 is 0 Å². The Morgan fingerprint density at radius 1 is 1.43 bits per heavy atom. The van der Waals surface area contributed by atoms with Crippen LogP contribution in [0.15, 0.2) is 30.7 Å². The van der Waals surface area contributed by atoms with Gasteiger partial charge in [0.1, 0.15) is 17.4 Å². The van der Waals surface area contributed by atoms with Gasteiger partial charge < -0.3 is 19.2 Å². The van der Waals surface area contributed by atoms with Crippen molar-refractivity contribution in [3.8, 4) is 17.2 Å². The summed E-state index contributed by atoms with van der Waals surface area (Å²) in [5.74, 6) is 0. The molecule has 0 radical (unpaired) electrons. The van der Waals surface area contributed by atoms with Crippen molar-refractivity contribution in [3.63, 3.8) is 0 Å². The standard InChI is InChI=1S/C17H17N5O/c1-21-11-12(8-13(21)9-18)14-10-20-17-16(14)15(2-3-19-17)22-4-6-23-7-5-22/h2-3,8,10-11H,4-7H2,1H3,(H,19,20)/i1T3. The third-order valence-electron chi connectivity index (χ3n) is 4.15. The van der Waals surface area contributed by atoms with Gasteiger partial charge in [-0.1, -0.05) is 0 Å². The van der Waals surface area contributed by atoms with Crippen LogP contribution in [0.5, 0.6) is 0 Å². The van der Waals surface area contributed by atoms with Gasteiger partial charge in [0.2, 0.25) is 0 Å². The van der Waals surface area contributed by atoms with Gasteiger partial charge >= 0.3 is 0 Å². The molecule has 1 aliphatic rings. The quantitative estimate of drug-likeness (QED) is 0.788. The fourth-order valence-corrected chi connectivity index (χ4v) is 3.03. The van der Waals surface area contributed by atoms with Gasteiger partial charge in [0.05, 0.1) is 18.9 Å². The number of morpholine rings is 1. The summed E-state index contributed by atoms with van der Waals surface area (Å²) >= 11 is 0. The van der Waals surface area contributed by atoms with Gasteiger partial charge in [0, 0.05) is 59.3 Å². The molecule has 116 valence electrons. The van der Waals surface area contributed by atoms with Crippen molar-refractivity contribution in [2.45, 2.75) is 0 Å². The highest BCUT2D eigenvalue weighted by atomic mass is 16.5. The maximum Gasteiger partial charge on any atom is 0.139 e. The molecule has 0 saturated carbocycles. The fourth-order valence-electron chi connectivity index (χ4n) is 3.03. The van der Waals surface area contributed by atoms with E-state index in [2.05, 4.69) is 14.9 Å². The molecule has 0 spiro atoms. The molecule has 23 heavy (non-hydrogen) atoms. The van der Waals surface area contributed by atoms with E-state index in [1.54, 1.807) is 12.3 Å². The fraction of sp³-hybridized carbons (Fsp3) is 0.294. The third kappa shape index (κ3) is 2.26. The Balaban J connectivity index is 1.88. The number of hydrogen-bond donors (Lipinski definition) is 1. The second-order valence-electron chi connectivity index (χ2n) is 5.45. The van der Waals surface area contributed by atoms with E-state index in [0.717, 1.165) is 39.9 Å². The van der Waals surface area contributed by atoms with Gasteiger partial charge in [-0.05, 0) is 12.1 Å². The molecule has 6 heteroatoms. The number of aromatic amines is 1. The maximum atomic E-state index is 9.30.